The summed E-state index contributed by atoms with van der Waals surface area (Å²) in [4.78, 5) is 19.6. The van der Waals surface area contributed by atoms with E-state index in [1.54, 1.807) is 30.3 Å². The second kappa shape index (κ2) is 8.65. The average molecular weight is 442 g/mol. The summed E-state index contributed by atoms with van der Waals surface area (Å²) in [5, 5.41) is 0.413. The lowest BCUT2D eigenvalue weighted by Gasteiger charge is -2.20. The van der Waals surface area contributed by atoms with E-state index in [4.69, 9.17) is 18.6 Å². The molecule has 2 heterocycles. The van der Waals surface area contributed by atoms with Gasteiger partial charge in [-0.05, 0) is 42.5 Å². The van der Waals surface area contributed by atoms with E-state index in [1.165, 1.54) is 56.0 Å². The number of hydrogen-bond acceptors (Lipinski definition) is 7. The number of anilines is 1. The highest BCUT2D eigenvalue weighted by atomic mass is 32.1. The fourth-order valence-electron chi connectivity index (χ4n) is 3.15. The minimum atomic E-state index is -0.365. The summed E-state index contributed by atoms with van der Waals surface area (Å²) in [6, 6.07) is 11.0. The number of carbonyl (C=O) groups excluding carboxylic acids is 1. The Morgan fingerprint density at radius 2 is 1.84 bits per heavy atom. The molecule has 0 N–H and O–H groups in total. The van der Waals surface area contributed by atoms with Gasteiger partial charge in [0.05, 0.1) is 44.4 Å². The molecule has 0 bridgehead atoms. The maximum absolute atomic E-state index is 13.7. The second-order valence-electron chi connectivity index (χ2n) is 6.49. The number of furan rings is 1. The van der Waals surface area contributed by atoms with E-state index in [-0.39, 0.29) is 18.3 Å². The molecule has 0 unspecified atom stereocenters. The van der Waals surface area contributed by atoms with Gasteiger partial charge in [-0.3, -0.25) is 9.69 Å². The number of halogens is 1. The van der Waals surface area contributed by atoms with E-state index >= 15 is 0 Å². The van der Waals surface area contributed by atoms with E-state index in [0.29, 0.717) is 43.9 Å². The molecular weight excluding hydrogens is 423 g/mol. The lowest BCUT2D eigenvalue weighted by Crippen LogP contribution is -2.30. The van der Waals surface area contributed by atoms with Crippen LogP contribution in [-0.4, -0.2) is 32.2 Å². The molecule has 1 amide bonds. The van der Waals surface area contributed by atoms with E-state index < -0.39 is 0 Å². The topological polar surface area (TPSA) is 74.0 Å². The van der Waals surface area contributed by atoms with Gasteiger partial charge in [0.2, 0.25) is 5.75 Å². The molecule has 0 aliphatic heterocycles. The van der Waals surface area contributed by atoms with Gasteiger partial charge in [-0.25, -0.2) is 9.37 Å². The first kappa shape index (κ1) is 20.7. The van der Waals surface area contributed by atoms with Crippen molar-refractivity contribution in [2.24, 2.45) is 0 Å². The molecule has 0 aliphatic carbocycles. The molecule has 0 radical (unpaired) electrons. The van der Waals surface area contributed by atoms with Crippen LogP contribution in [0, 0.1) is 5.82 Å². The Labute approximate surface area is 181 Å². The third-order valence-electron chi connectivity index (χ3n) is 4.62. The molecular formula is C22H19FN2O5S. The molecule has 4 rings (SSSR count). The zero-order valence-electron chi connectivity index (χ0n) is 17.0. The predicted octanol–water partition coefficient (Wildman–Crippen LogP) is 4.90. The molecule has 0 spiro atoms. The van der Waals surface area contributed by atoms with Gasteiger partial charge in [-0.1, -0.05) is 11.3 Å². The summed E-state index contributed by atoms with van der Waals surface area (Å²) in [5.74, 6) is 0.955. The van der Waals surface area contributed by atoms with Gasteiger partial charge < -0.3 is 18.6 Å². The fraction of sp³-hybridized carbons (Fsp3) is 0.182. The van der Waals surface area contributed by atoms with Crippen molar-refractivity contribution in [1.82, 2.24) is 4.98 Å². The quantitative estimate of drug-likeness (QED) is 0.405. The van der Waals surface area contributed by atoms with Gasteiger partial charge >= 0.3 is 0 Å². The van der Waals surface area contributed by atoms with Crippen LogP contribution in [0.3, 0.4) is 0 Å². The first-order chi connectivity index (χ1) is 15.0. The van der Waals surface area contributed by atoms with Crippen molar-refractivity contribution in [3.8, 4) is 17.2 Å². The molecule has 160 valence electrons. The van der Waals surface area contributed by atoms with Crippen LogP contribution in [-0.2, 0) is 6.54 Å². The number of rotatable bonds is 7. The van der Waals surface area contributed by atoms with Gasteiger partial charge in [0.25, 0.3) is 5.91 Å². The molecule has 0 fully saturated rings. The van der Waals surface area contributed by atoms with E-state index in [1.807, 2.05) is 0 Å². The van der Waals surface area contributed by atoms with Crippen molar-refractivity contribution in [1.29, 1.82) is 0 Å². The average Bonchev–Trinajstić information content (AvgIpc) is 3.45. The Hall–Kier alpha value is -3.59. The Kier molecular flexibility index (Phi) is 5.77. The van der Waals surface area contributed by atoms with Crippen molar-refractivity contribution >= 4 is 32.6 Å². The lowest BCUT2D eigenvalue weighted by atomic mass is 10.1. The van der Waals surface area contributed by atoms with Crippen LogP contribution in [0.2, 0.25) is 0 Å². The highest BCUT2D eigenvalue weighted by molar-refractivity contribution is 7.22. The van der Waals surface area contributed by atoms with Crippen molar-refractivity contribution < 1.29 is 27.8 Å². The minimum Gasteiger partial charge on any atom is -0.493 e. The molecule has 4 aromatic rings. The summed E-state index contributed by atoms with van der Waals surface area (Å²) in [5.41, 5.74) is 0.912. The number of carbonyl (C=O) groups is 1. The predicted molar refractivity (Wildman–Crippen MR) is 115 cm³/mol. The third-order valence-corrected chi connectivity index (χ3v) is 5.66. The molecule has 0 atom stereocenters. The number of aromatic nitrogens is 1. The van der Waals surface area contributed by atoms with E-state index in [9.17, 15) is 9.18 Å². The van der Waals surface area contributed by atoms with Crippen molar-refractivity contribution in [2.45, 2.75) is 6.54 Å². The third kappa shape index (κ3) is 4.04. The molecule has 0 aliphatic rings. The molecule has 0 saturated heterocycles. The molecule has 31 heavy (non-hydrogen) atoms. The maximum atomic E-state index is 13.7. The normalized spacial score (nSPS) is 10.8. The summed E-state index contributed by atoms with van der Waals surface area (Å²) in [6.07, 6.45) is 1.53. The molecule has 7 nitrogen and oxygen atoms in total. The van der Waals surface area contributed by atoms with Gasteiger partial charge in [-0.15, -0.1) is 0 Å². The first-order valence-corrected chi connectivity index (χ1v) is 10.1. The summed E-state index contributed by atoms with van der Waals surface area (Å²) < 4.78 is 35.8. The van der Waals surface area contributed by atoms with Gasteiger partial charge in [0, 0.05) is 5.56 Å². The number of benzene rings is 2. The van der Waals surface area contributed by atoms with Crippen LogP contribution in [0.1, 0.15) is 16.1 Å². The van der Waals surface area contributed by atoms with Crippen molar-refractivity contribution in [2.75, 3.05) is 26.2 Å². The smallest absolute Gasteiger partial charge is 0.260 e. The van der Waals surface area contributed by atoms with Gasteiger partial charge in [-0.2, -0.15) is 0 Å². The number of hydrogen-bond donors (Lipinski definition) is 0. The highest BCUT2D eigenvalue weighted by Crippen LogP contribution is 2.39. The standard InChI is InChI=1S/C22H19FN2O5S/c1-27-17-9-13(10-18(28-2)20(17)29-3)21(26)25(12-15-5-4-8-30-15)22-24-16-7-6-14(23)11-19(16)31-22/h4-11H,12H2,1-3H3. The second-order valence-corrected chi connectivity index (χ2v) is 7.50. The zero-order valence-corrected chi connectivity index (χ0v) is 17.9. The van der Waals surface area contributed by atoms with Gasteiger partial charge in [0.1, 0.15) is 11.6 Å². The van der Waals surface area contributed by atoms with Gasteiger partial charge in [0.15, 0.2) is 16.6 Å². The largest absolute Gasteiger partial charge is 0.493 e. The Morgan fingerprint density at radius 1 is 1.10 bits per heavy atom. The SMILES string of the molecule is COc1cc(C(=O)N(Cc2ccco2)c2nc3ccc(F)cc3s2)cc(OC)c1OC. The van der Waals surface area contributed by atoms with Crippen LogP contribution in [0.15, 0.2) is 53.1 Å². The maximum Gasteiger partial charge on any atom is 0.260 e. The van der Waals surface area contributed by atoms with Crippen LogP contribution in [0.4, 0.5) is 9.52 Å². The molecule has 9 heteroatoms. The first-order valence-electron chi connectivity index (χ1n) is 9.24. The lowest BCUT2D eigenvalue weighted by molar-refractivity contribution is 0.0982. The fourth-order valence-corrected chi connectivity index (χ4v) is 4.13. The minimum absolute atomic E-state index is 0.144. The number of amides is 1. The van der Waals surface area contributed by atoms with Crippen molar-refractivity contribution in [3.63, 3.8) is 0 Å². The number of nitrogens with zero attached hydrogens (tertiary/aromatic N) is 2. The monoisotopic (exact) mass is 442 g/mol. The Morgan fingerprint density at radius 3 is 2.45 bits per heavy atom. The molecule has 0 saturated carbocycles. The number of methoxy groups -OCH3 is 3. The number of fused-ring (bicyclic) bond motifs is 1. The van der Waals surface area contributed by atoms with E-state index in [0.717, 1.165) is 0 Å². The van der Waals surface area contributed by atoms with E-state index in [2.05, 4.69) is 4.98 Å². The number of ether oxygens (including phenoxy) is 3. The Balaban J connectivity index is 1.80. The van der Waals surface area contributed by atoms with Crippen molar-refractivity contribution in [3.05, 3.63) is 65.9 Å². The summed E-state index contributed by atoms with van der Waals surface area (Å²) in [7, 11) is 4.45. The Bertz CT molecular complexity index is 1200. The van der Waals surface area contributed by atoms with Crippen LogP contribution in [0.5, 0.6) is 17.2 Å². The molecule has 2 aromatic heterocycles. The summed E-state index contributed by atoms with van der Waals surface area (Å²) >= 11 is 1.22. The zero-order chi connectivity index (χ0) is 22.0. The highest BCUT2D eigenvalue weighted by Gasteiger charge is 2.25. The van der Waals surface area contributed by atoms with Crippen LogP contribution < -0.4 is 19.1 Å². The van der Waals surface area contributed by atoms with Crippen LogP contribution >= 0.6 is 11.3 Å². The van der Waals surface area contributed by atoms with Crippen LogP contribution in [0.25, 0.3) is 10.2 Å². The number of thiazole rings is 1. The molecule has 2 aromatic carbocycles. The summed E-state index contributed by atoms with van der Waals surface area (Å²) in [6.45, 7) is 0.144.